The second-order valence-electron chi connectivity index (χ2n) is 12.6. The van der Waals surface area contributed by atoms with Crippen molar-refractivity contribution in [2.24, 2.45) is 0 Å². The van der Waals surface area contributed by atoms with Gasteiger partial charge in [0.15, 0.2) is 5.82 Å². The molecule has 0 amide bonds. The van der Waals surface area contributed by atoms with Crippen LogP contribution in [0.25, 0.3) is 100 Å². The normalized spacial score (nSPS) is 11.6. The molecule has 10 rings (SSSR count). The van der Waals surface area contributed by atoms with E-state index in [9.17, 15) is 0 Å². The largest absolute Gasteiger partial charge is 0.456 e. The molecule has 4 nitrogen and oxygen atoms in total. The maximum atomic E-state index is 6.36. The average molecular weight is 641 g/mol. The molecule has 0 spiro atoms. The smallest absolute Gasteiger partial charge is 0.160 e. The highest BCUT2D eigenvalue weighted by Crippen LogP contribution is 2.39. The first-order valence-electron chi connectivity index (χ1n) is 16.7. The van der Waals surface area contributed by atoms with Gasteiger partial charge in [0.05, 0.1) is 11.4 Å². The number of hydrogen-bond acceptors (Lipinski definition) is 4. The molecule has 3 heterocycles. The van der Waals surface area contributed by atoms with Gasteiger partial charge in [-0.3, -0.25) is 0 Å². The Morgan fingerprint density at radius 2 is 0.720 bits per heavy atom. The van der Waals surface area contributed by atoms with Gasteiger partial charge in [0.2, 0.25) is 0 Å². The first kappa shape index (κ1) is 28.3. The lowest BCUT2D eigenvalue weighted by atomic mass is 9.99. The summed E-state index contributed by atoms with van der Waals surface area (Å²) in [6.07, 6.45) is 0. The predicted octanol–water partition coefficient (Wildman–Crippen LogP) is 12.6. The molecular formula is C46H28N2O2. The molecular weight excluding hydrogens is 613 g/mol. The molecule has 0 aliphatic rings. The van der Waals surface area contributed by atoms with Gasteiger partial charge in [-0.1, -0.05) is 121 Å². The topological polar surface area (TPSA) is 52.1 Å². The van der Waals surface area contributed by atoms with E-state index in [1.165, 1.54) is 5.56 Å². The molecule has 0 saturated heterocycles. The molecule has 4 heteroatoms. The zero-order valence-corrected chi connectivity index (χ0v) is 26.9. The van der Waals surface area contributed by atoms with Crippen LogP contribution in [-0.2, 0) is 0 Å². The van der Waals surface area contributed by atoms with Crippen LogP contribution in [0.5, 0.6) is 0 Å². The van der Waals surface area contributed by atoms with Gasteiger partial charge in [-0.05, 0) is 64.7 Å². The van der Waals surface area contributed by atoms with Crippen molar-refractivity contribution in [3.8, 4) is 56.2 Å². The third-order valence-corrected chi connectivity index (χ3v) is 9.49. The van der Waals surface area contributed by atoms with Crippen LogP contribution >= 0.6 is 0 Å². The van der Waals surface area contributed by atoms with Crippen molar-refractivity contribution in [2.45, 2.75) is 0 Å². The number of rotatable bonds is 5. The van der Waals surface area contributed by atoms with E-state index in [1.54, 1.807) is 0 Å². The van der Waals surface area contributed by atoms with Gasteiger partial charge < -0.3 is 8.83 Å². The monoisotopic (exact) mass is 640 g/mol. The van der Waals surface area contributed by atoms with E-state index < -0.39 is 0 Å². The van der Waals surface area contributed by atoms with Crippen molar-refractivity contribution in [3.63, 3.8) is 0 Å². The van der Waals surface area contributed by atoms with Crippen molar-refractivity contribution in [3.05, 3.63) is 170 Å². The molecule has 0 N–H and O–H groups in total. The van der Waals surface area contributed by atoms with Crippen LogP contribution < -0.4 is 0 Å². The van der Waals surface area contributed by atoms with Crippen LogP contribution in [0.2, 0.25) is 0 Å². The molecule has 0 unspecified atom stereocenters. The Hall–Kier alpha value is -6.78. The fourth-order valence-corrected chi connectivity index (χ4v) is 6.96. The van der Waals surface area contributed by atoms with Gasteiger partial charge in [0, 0.05) is 44.3 Å². The van der Waals surface area contributed by atoms with Crippen molar-refractivity contribution < 1.29 is 8.83 Å². The minimum absolute atomic E-state index is 0.686. The van der Waals surface area contributed by atoms with Crippen molar-refractivity contribution in [1.82, 2.24) is 9.97 Å². The summed E-state index contributed by atoms with van der Waals surface area (Å²) in [5.74, 6) is 0.686. The highest BCUT2D eigenvalue weighted by atomic mass is 16.3. The molecule has 50 heavy (non-hydrogen) atoms. The minimum Gasteiger partial charge on any atom is -0.456 e. The predicted molar refractivity (Wildman–Crippen MR) is 204 cm³/mol. The molecule has 0 atom stereocenters. The number of benzene rings is 7. The molecule has 3 aromatic heterocycles. The molecule has 7 aromatic carbocycles. The van der Waals surface area contributed by atoms with Crippen LogP contribution in [0.4, 0.5) is 0 Å². The fraction of sp³-hybridized carbons (Fsp3) is 0. The van der Waals surface area contributed by atoms with Crippen molar-refractivity contribution >= 4 is 43.9 Å². The lowest BCUT2D eigenvalue weighted by Crippen LogP contribution is -1.96. The summed E-state index contributed by atoms with van der Waals surface area (Å²) in [6.45, 7) is 0. The highest BCUT2D eigenvalue weighted by Gasteiger charge is 2.16. The Balaban J connectivity index is 1.09. The molecule has 0 fully saturated rings. The molecule has 0 aliphatic carbocycles. The van der Waals surface area contributed by atoms with E-state index in [1.807, 2.05) is 48.5 Å². The van der Waals surface area contributed by atoms with E-state index >= 15 is 0 Å². The summed E-state index contributed by atoms with van der Waals surface area (Å²) < 4.78 is 12.7. The average Bonchev–Trinajstić information content (AvgIpc) is 3.74. The second-order valence-corrected chi connectivity index (χ2v) is 12.6. The molecule has 0 bridgehead atoms. The Bertz CT molecular complexity index is 2800. The molecule has 0 aliphatic heterocycles. The highest BCUT2D eigenvalue weighted by molar-refractivity contribution is 6.16. The van der Waals surface area contributed by atoms with Crippen molar-refractivity contribution in [2.75, 3.05) is 0 Å². The zero-order chi connectivity index (χ0) is 33.0. The zero-order valence-electron chi connectivity index (χ0n) is 26.9. The Labute approximate surface area is 287 Å². The van der Waals surface area contributed by atoms with Crippen LogP contribution in [-0.4, -0.2) is 9.97 Å². The first-order chi connectivity index (χ1) is 24.7. The van der Waals surface area contributed by atoms with E-state index in [2.05, 4.69) is 121 Å². The molecule has 0 radical (unpaired) electrons. The SMILES string of the molecule is c1ccc(-c2ccc3oc4cc5oc6ccc(-c7cccc(-c8nc(-c9ccccc9)cc(-c9ccccc9)n8)c7)cc6c5cc4c3c2)cc1. The summed E-state index contributed by atoms with van der Waals surface area (Å²) in [5.41, 5.74) is 12.7. The third kappa shape index (κ3) is 4.85. The molecule has 234 valence electrons. The number of furan rings is 2. The fourth-order valence-electron chi connectivity index (χ4n) is 6.96. The van der Waals surface area contributed by atoms with Gasteiger partial charge in [-0.25, -0.2) is 9.97 Å². The first-order valence-corrected chi connectivity index (χ1v) is 16.7. The Morgan fingerprint density at radius 3 is 1.28 bits per heavy atom. The van der Waals surface area contributed by atoms with Crippen molar-refractivity contribution in [1.29, 1.82) is 0 Å². The van der Waals surface area contributed by atoms with E-state index in [0.29, 0.717) is 5.82 Å². The number of fused-ring (bicyclic) bond motifs is 6. The summed E-state index contributed by atoms with van der Waals surface area (Å²) in [6, 6.07) is 58.6. The van der Waals surface area contributed by atoms with E-state index in [4.69, 9.17) is 18.8 Å². The van der Waals surface area contributed by atoms with Gasteiger partial charge >= 0.3 is 0 Å². The molecule has 0 saturated carbocycles. The lowest BCUT2D eigenvalue weighted by molar-refractivity contribution is 0.656. The minimum atomic E-state index is 0.686. The Kier molecular flexibility index (Phi) is 6.46. The van der Waals surface area contributed by atoms with Crippen LogP contribution in [0.3, 0.4) is 0 Å². The Morgan fingerprint density at radius 1 is 0.280 bits per heavy atom. The van der Waals surface area contributed by atoms with Crippen LogP contribution in [0.1, 0.15) is 0 Å². The number of hydrogen-bond donors (Lipinski definition) is 0. The van der Waals surface area contributed by atoms with Crippen LogP contribution in [0.15, 0.2) is 179 Å². The van der Waals surface area contributed by atoms with Gasteiger partial charge in [0.1, 0.15) is 22.3 Å². The van der Waals surface area contributed by atoms with E-state index in [0.717, 1.165) is 88.6 Å². The third-order valence-electron chi connectivity index (χ3n) is 9.49. The number of aromatic nitrogens is 2. The van der Waals surface area contributed by atoms with E-state index in [-0.39, 0.29) is 0 Å². The summed E-state index contributed by atoms with van der Waals surface area (Å²) in [4.78, 5) is 10.1. The van der Waals surface area contributed by atoms with Gasteiger partial charge in [-0.2, -0.15) is 0 Å². The maximum absolute atomic E-state index is 6.36. The maximum Gasteiger partial charge on any atom is 0.160 e. The standard InChI is InChI=1S/C46H28N2O2/c1-4-11-29(12-5-1)33-19-21-42-36(24-33)38-26-39-37-25-34(20-22-43(37)50-45(39)28-44(38)49-42)32-17-10-18-35(23-32)46-47-40(30-13-6-2-7-14-30)27-41(48-46)31-15-8-3-9-16-31/h1-28H. The summed E-state index contributed by atoms with van der Waals surface area (Å²) in [7, 11) is 0. The van der Waals surface area contributed by atoms with Gasteiger partial charge in [-0.15, -0.1) is 0 Å². The van der Waals surface area contributed by atoms with Gasteiger partial charge in [0.25, 0.3) is 0 Å². The second kappa shape index (κ2) is 11.4. The summed E-state index contributed by atoms with van der Waals surface area (Å²) in [5, 5.41) is 4.29. The molecule has 10 aromatic rings. The number of nitrogens with zero attached hydrogens (tertiary/aromatic N) is 2. The quantitative estimate of drug-likeness (QED) is 0.188. The van der Waals surface area contributed by atoms with Crippen LogP contribution in [0, 0.1) is 0 Å². The lowest BCUT2D eigenvalue weighted by Gasteiger charge is -2.10. The summed E-state index contributed by atoms with van der Waals surface area (Å²) >= 11 is 0.